The van der Waals surface area contributed by atoms with E-state index in [9.17, 15) is 4.79 Å². The van der Waals surface area contributed by atoms with Crippen molar-refractivity contribution in [2.24, 2.45) is 7.05 Å². The maximum absolute atomic E-state index is 13.4. The van der Waals surface area contributed by atoms with Gasteiger partial charge in [-0.3, -0.25) is 9.48 Å². The van der Waals surface area contributed by atoms with Crippen LogP contribution in [0.3, 0.4) is 0 Å². The van der Waals surface area contributed by atoms with Gasteiger partial charge in [0.1, 0.15) is 17.1 Å². The molecule has 3 aliphatic rings. The van der Waals surface area contributed by atoms with E-state index in [1.54, 1.807) is 0 Å². The van der Waals surface area contributed by atoms with Crippen molar-refractivity contribution < 1.29 is 14.3 Å². The van der Waals surface area contributed by atoms with Gasteiger partial charge in [-0.2, -0.15) is 5.10 Å². The number of nitrogens with zero attached hydrogens (tertiary/aromatic N) is 3. The number of carbonyl (C=O) groups excluding carboxylic acids is 1. The monoisotopic (exact) mass is 429 g/mol. The lowest BCUT2D eigenvalue weighted by atomic mass is 9.80. The maximum atomic E-state index is 13.4. The van der Waals surface area contributed by atoms with E-state index in [4.69, 9.17) is 9.47 Å². The van der Waals surface area contributed by atoms with Crippen molar-refractivity contribution in [2.45, 2.75) is 37.7 Å². The van der Waals surface area contributed by atoms with E-state index in [0.717, 1.165) is 52.3 Å². The number of carbonyl (C=O) groups is 1. The Morgan fingerprint density at radius 3 is 2.62 bits per heavy atom. The van der Waals surface area contributed by atoms with E-state index in [1.807, 2.05) is 59.2 Å². The summed E-state index contributed by atoms with van der Waals surface area (Å²) in [4.78, 5) is 15.3. The normalized spacial score (nSPS) is 19.5. The first-order valence-corrected chi connectivity index (χ1v) is 11.3. The van der Waals surface area contributed by atoms with Crippen molar-refractivity contribution in [2.75, 3.05) is 19.7 Å². The molecule has 1 spiro atoms. The van der Waals surface area contributed by atoms with Crippen molar-refractivity contribution in [3.8, 4) is 22.8 Å². The second-order valence-corrected chi connectivity index (χ2v) is 9.80. The van der Waals surface area contributed by atoms with Gasteiger partial charge in [0.2, 0.25) is 0 Å². The van der Waals surface area contributed by atoms with Crippen LogP contribution in [-0.2, 0) is 18.1 Å². The number of rotatable bonds is 1. The fourth-order valence-corrected chi connectivity index (χ4v) is 5.39. The van der Waals surface area contributed by atoms with Crippen LogP contribution in [0, 0.1) is 0 Å². The Labute approximate surface area is 187 Å². The van der Waals surface area contributed by atoms with Gasteiger partial charge in [-0.1, -0.05) is 26.0 Å². The molecule has 6 heteroatoms. The molecule has 1 fully saturated rings. The van der Waals surface area contributed by atoms with Gasteiger partial charge in [-0.15, -0.1) is 0 Å². The molecule has 32 heavy (non-hydrogen) atoms. The second kappa shape index (κ2) is 6.61. The van der Waals surface area contributed by atoms with Crippen LogP contribution < -0.4 is 9.47 Å². The average Bonchev–Trinajstić information content (AvgIpc) is 3.34. The van der Waals surface area contributed by atoms with Crippen LogP contribution in [0.5, 0.6) is 11.5 Å². The van der Waals surface area contributed by atoms with Gasteiger partial charge in [-0.25, -0.2) is 0 Å². The molecule has 3 aromatic rings. The van der Waals surface area contributed by atoms with Gasteiger partial charge >= 0.3 is 0 Å². The third-order valence-corrected chi connectivity index (χ3v) is 7.28. The SMILES string of the molecule is Cn1ncc2c1-c1ccccc1OC21CCN(C(=O)c2ccc3c(c2)C(C)(C)CO3)CC1. The molecule has 6 rings (SSSR count). The molecular formula is C26H27N3O3. The third kappa shape index (κ3) is 2.71. The summed E-state index contributed by atoms with van der Waals surface area (Å²) in [5.41, 5.74) is 4.66. The third-order valence-electron chi connectivity index (χ3n) is 7.28. The summed E-state index contributed by atoms with van der Waals surface area (Å²) < 4.78 is 14.3. The van der Waals surface area contributed by atoms with Gasteiger partial charge < -0.3 is 14.4 Å². The first kappa shape index (κ1) is 19.4. The molecule has 0 saturated carbocycles. The second-order valence-electron chi connectivity index (χ2n) is 9.80. The lowest BCUT2D eigenvalue weighted by molar-refractivity contribution is -0.00172. The minimum atomic E-state index is -0.442. The highest BCUT2D eigenvalue weighted by Gasteiger charge is 2.46. The molecule has 0 bridgehead atoms. The molecular weight excluding hydrogens is 402 g/mol. The highest BCUT2D eigenvalue weighted by molar-refractivity contribution is 5.95. The van der Waals surface area contributed by atoms with E-state index < -0.39 is 5.60 Å². The van der Waals surface area contributed by atoms with Crippen molar-refractivity contribution >= 4 is 5.91 Å². The number of para-hydroxylation sites is 1. The Kier molecular flexibility index (Phi) is 4.01. The van der Waals surface area contributed by atoms with Gasteiger partial charge in [-0.05, 0) is 30.3 Å². The molecule has 0 radical (unpaired) electrons. The topological polar surface area (TPSA) is 56.6 Å². The van der Waals surface area contributed by atoms with E-state index in [2.05, 4.69) is 25.0 Å². The molecule has 1 amide bonds. The Morgan fingerprint density at radius 2 is 1.81 bits per heavy atom. The van der Waals surface area contributed by atoms with Crippen molar-refractivity contribution in [1.29, 1.82) is 0 Å². The average molecular weight is 430 g/mol. The van der Waals surface area contributed by atoms with Crippen LogP contribution in [0.15, 0.2) is 48.7 Å². The molecule has 2 aromatic carbocycles. The Morgan fingerprint density at radius 1 is 1.03 bits per heavy atom. The van der Waals surface area contributed by atoms with Gasteiger partial charge in [0.15, 0.2) is 0 Å². The summed E-state index contributed by atoms with van der Waals surface area (Å²) in [6.07, 6.45) is 3.42. The smallest absolute Gasteiger partial charge is 0.253 e. The van der Waals surface area contributed by atoms with Gasteiger partial charge in [0, 0.05) is 60.6 Å². The summed E-state index contributed by atoms with van der Waals surface area (Å²) >= 11 is 0. The number of amides is 1. The number of aryl methyl sites for hydroxylation is 1. The van der Waals surface area contributed by atoms with Crippen molar-refractivity contribution in [3.63, 3.8) is 0 Å². The van der Waals surface area contributed by atoms with E-state index in [-0.39, 0.29) is 11.3 Å². The minimum absolute atomic E-state index is 0.0718. The van der Waals surface area contributed by atoms with Crippen molar-refractivity contribution in [1.82, 2.24) is 14.7 Å². The molecule has 6 nitrogen and oxygen atoms in total. The molecule has 3 aliphatic heterocycles. The molecule has 0 N–H and O–H groups in total. The largest absolute Gasteiger partial charge is 0.492 e. The zero-order valence-corrected chi connectivity index (χ0v) is 18.7. The number of piperidine rings is 1. The summed E-state index contributed by atoms with van der Waals surface area (Å²) in [6, 6.07) is 14.0. The molecule has 0 unspecified atom stereocenters. The zero-order chi connectivity index (χ0) is 22.1. The van der Waals surface area contributed by atoms with Crippen LogP contribution in [-0.4, -0.2) is 40.3 Å². The Hall–Kier alpha value is -3.28. The van der Waals surface area contributed by atoms with Gasteiger partial charge in [0.25, 0.3) is 5.91 Å². The molecule has 0 aliphatic carbocycles. The predicted molar refractivity (Wildman–Crippen MR) is 121 cm³/mol. The number of ether oxygens (including phenoxy) is 2. The highest BCUT2D eigenvalue weighted by atomic mass is 16.5. The molecule has 0 atom stereocenters. The Bertz CT molecular complexity index is 1230. The number of hydrogen-bond acceptors (Lipinski definition) is 4. The fraction of sp³-hybridized carbons (Fsp3) is 0.385. The maximum Gasteiger partial charge on any atom is 0.253 e. The van der Waals surface area contributed by atoms with Crippen LogP contribution in [0.25, 0.3) is 11.3 Å². The molecule has 1 saturated heterocycles. The number of hydrogen-bond donors (Lipinski definition) is 0. The summed E-state index contributed by atoms with van der Waals surface area (Å²) in [5, 5.41) is 4.54. The Balaban J connectivity index is 1.27. The van der Waals surface area contributed by atoms with E-state index in [1.165, 1.54) is 0 Å². The van der Waals surface area contributed by atoms with Crippen molar-refractivity contribution in [3.05, 3.63) is 65.4 Å². The fourth-order valence-electron chi connectivity index (χ4n) is 5.39. The highest BCUT2D eigenvalue weighted by Crippen LogP contribution is 2.49. The number of benzene rings is 2. The standard InChI is InChI=1S/C26H27N3O3/c1-25(2)16-31-22-9-8-17(14-19(22)25)24(30)29-12-10-26(11-13-29)20-15-27-28(3)23(20)18-6-4-5-7-21(18)32-26/h4-9,14-15H,10-13,16H2,1-3H3. The van der Waals surface area contributed by atoms with Crippen LogP contribution in [0.4, 0.5) is 0 Å². The summed E-state index contributed by atoms with van der Waals surface area (Å²) in [5.74, 6) is 1.86. The quantitative estimate of drug-likeness (QED) is 0.579. The zero-order valence-electron chi connectivity index (χ0n) is 18.7. The molecule has 164 valence electrons. The van der Waals surface area contributed by atoms with Crippen LogP contribution in [0.1, 0.15) is 48.2 Å². The number of fused-ring (bicyclic) bond motifs is 5. The first-order valence-electron chi connectivity index (χ1n) is 11.3. The lowest BCUT2D eigenvalue weighted by Crippen LogP contribution is -2.49. The van der Waals surface area contributed by atoms with Crippen LogP contribution >= 0.6 is 0 Å². The van der Waals surface area contributed by atoms with Gasteiger partial charge in [0.05, 0.1) is 18.5 Å². The lowest BCUT2D eigenvalue weighted by Gasteiger charge is -2.44. The number of aromatic nitrogens is 2. The van der Waals surface area contributed by atoms with E-state index in [0.29, 0.717) is 19.7 Å². The number of likely N-dealkylation sites (tertiary alicyclic amines) is 1. The molecule has 1 aromatic heterocycles. The van der Waals surface area contributed by atoms with E-state index >= 15 is 0 Å². The molecule has 4 heterocycles. The minimum Gasteiger partial charge on any atom is -0.492 e. The van der Waals surface area contributed by atoms with Crippen LogP contribution in [0.2, 0.25) is 0 Å². The summed E-state index contributed by atoms with van der Waals surface area (Å²) in [6.45, 7) is 6.25. The predicted octanol–water partition coefficient (Wildman–Crippen LogP) is 4.28. The summed E-state index contributed by atoms with van der Waals surface area (Å²) in [7, 11) is 1.98. The first-order chi connectivity index (χ1) is 15.4.